The number of hydrogen-bond donors (Lipinski definition) is 5. The molecule has 4 atom stereocenters. The summed E-state index contributed by atoms with van der Waals surface area (Å²) in [5.41, 5.74) is 2.44. The van der Waals surface area contributed by atoms with E-state index in [0.29, 0.717) is 24.1 Å². The van der Waals surface area contributed by atoms with Crippen molar-refractivity contribution in [3.8, 4) is 10.6 Å². The normalized spacial score (nSPS) is 25.8. The number of anilines is 2. The Balaban J connectivity index is 1.49. The van der Waals surface area contributed by atoms with Crippen molar-refractivity contribution in [3.63, 3.8) is 0 Å². The van der Waals surface area contributed by atoms with E-state index in [9.17, 15) is 15.3 Å². The van der Waals surface area contributed by atoms with Gasteiger partial charge in [0.1, 0.15) is 22.4 Å². The van der Waals surface area contributed by atoms with Gasteiger partial charge in [-0.1, -0.05) is 0 Å². The van der Waals surface area contributed by atoms with Crippen molar-refractivity contribution in [1.29, 1.82) is 0 Å². The molecule has 3 heterocycles. The van der Waals surface area contributed by atoms with E-state index < -0.39 is 18.2 Å². The summed E-state index contributed by atoms with van der Waals surface area (Å²) in [6, 6.07) is 1.50. The van der Waals surface area contributed by atoms with Crippen LogP contribution < -0.4 is 10.6 Å². The van der Waals surface area contributed by atoms with Gasteiger partial charge in [0, 0.05) is 31.5 Å². The fourth-order valence-corrected chi connectivity index (χ4v) is 5.04. The average Bonchev–Trinajstić information content (AvgIpc) is 3.44. The maximum Gasteiger partial charge on any atom is 0.224 e. The molecule has 164 valence electrons. The van der Waals surface area contributed by atoms with Crippen LogP contribution in [0, 0.1) is 18.8 Å². The number of rotatable bonds is 7. The van der Waals surface area contributed by atoms with Crippen LogP contribution in [0.1, 0.15) is 25.0 Å². The Labute approximate surface area is 183 Å². The molecule has 0 aromatic carbocycles. The van der Waals surface area contributed by atoms with Gasteiger partial charge >= 0.3 is 0 Å². The lowest BCUT2D eigenvalue weighted by atomic mass is 10.1. The minimum absolute atomic E-state index is 0.175. The number of aromatic nitrogens is 4. The number of aryl methyl sites for hydroxylation is 1. The van der Waals surface area contributed by atoms with Crippen LogP contribution >= 0.6 is 11.3 Å². The SMILES string of the molecule is Cc1nccc2sc(-c3cnc(NCC4CC4)nc3NC3CC(CO)C(O)C3O)nc12. The van der Waals surface area contributed by atoms with Crippen LogP contribution in [0.15, 0.2) is 18.5 Å². The summed E-state index contributed by atoms with van der Waals surface area (Å²) in [7, 11) is 0. The smallest absolute Gasteiger partial charge is 0.224 e. The Morgan fingerprint density at radius 3 is 2.71 bits per heavy atom. The monoisotopic (exact) mass is 442 g/mol. The van der Waals surface area contributed by atoms with Crippen molar-refractivity contribution in [2.45, 2.75) is 44.4 Å². The molecule has 2 aliphatic carbocycles. The molecule has 0 saturated heterocycles. The zero-order chi connectivity index (χ0) is 21.5. The van der Waals surface area contributed by atoms with Gasteiger partial charge < -0.3 is 26.0 Å². The zero-order valence-electron chi connectivity index (χ0n) is 17.2. The molecular formula is C21H26N6O3S. The summed E-state index contributed by atoms with van der Waals surface area (Å²) in [5.74, 6) is 1.37. The topological polar surface area (TPSA) is 136 Å². The molecule has 5 N–H and O–H groups in total. The molecule has 3 aromatic rings. The molecule has 3 aromatic heterocycles. The molecule has 0 radical (unpaired) electrons. The Kier molecular flexibility index (Phi) is 5.47. The second-order valence-corrected chi connectivity index (χ2v) is 9.48. The Hall–Kier alpha value is -2.40. The number of pyridine rings is 1. The van der Waals surface area contributed by atoms with Crippen LogP contribution in [0.25, 0.3) is 20.8 Å². The molecule has 2 saturated carbocycles. The summed E-state index contributed by atoms with van der Waals surface area (Å²) in [5, 5.41) is 37.5. The summed E-state index contributed by atoms with van der Waals surface area (Å²) in [4.78, 5) is 18.2. The number of nitrogens with one attached hydrogen (secondary N) is 2. The van der Waals surface area contributed by atoms with E-state index in [1.54, 1.807) is 12.4 Å². The van der Waals surface area contributed by atoms with Crippen LogP contribution in [0.2, 0.25) is 0 Å². The van der Waals surface area contributed by atoms with Gasteiger partial charge in [-0.05, 0) is 38.2 Å². The number of aliphatic hydroxyl groups is 3. The van der Waals surface area contributed by atoms with E-state index in [0.717, 1.165) is 33.0 Å². The molecular weight excluding hydrogens is 416 g/mol. The highest BCUT2D eigenvalue weighted by Gasteiger charge is 2.41. The zero-order valence-corrected chi connectivity index (χ0v) is 18.0. The van der Waals surface area contributed by atoms with Gasteiger partial charge in [0.25, 0.3) is 0 Å². The number of thiazole rings is 1. The minimum atomic E-state index is -0.996. The lowest BCUT2D eigenvalue weighted by Gasteiger charge is -2.20. The third kappa shape index (κ3) is 4.08. The Bertz CT molecular complexity index is 1090. The number of aliphatic hydroxyl groups excluding tert-OH is 3. The van der Waals surface area contributed by atoms with E-state index in [1.807, 2.05) is 13.0 Å². The lowest BCUT2D eigenvalue weighted by Crippen LogP contribution is -2.35. The van der Waals surface area contributed by atoms with Gasteiger partial charge in [-0.3, -0.25) is 4.98 Å². The van der Waals surface area contributed by atoms with Gasteiger partial charge in [-0.15, -0.1) is 11.3 Å². The van der Waals surface area contributed by atoms with E-state index in [2.05, 4.69) is 25.6 Å². The van der Waals surface area contributed by atoms with E-state index in [4.69, 9.17) is 4.98 Å². The molecule has 2 aliphatic rings. The molecule has 9 nitrogen and oxygen atoms in total. The average molecular weight is 443 g/mol. The Morgan fingerprint density at radius 1 is 1.16 bits per heavy atom. The molecule has 2 fully saturated rings. The summed E-state index contributed by atoms with van der Waals surface area (Å²) >= 11 is 1.53. The quantitative estimate of drug-likeness (QED) is 0.371. The van der Waals surface area contributed by atoms with E-state index in [-0.39, 0.29) is 12.5 Å². The number of hydrogen-bond acceptors (Lipinski definition) is 10. The first kappa shape index (κ1) is 20.5. The van der Waals surface area contributed by atoms with Crippen LogP contribution in [0.5, 0.6) is 0 Å². The molecule has 31 heavy (non-hydrogen) atoms. The highest BCUT2D eigenvalue weighted by atomic mass is 32.1. The fraction of sp³-hybridized carbons (Fsp3) is 0.524. The molecule has 10 heteroatoms. The third-order valence-corrected chi connectivity index (χ3v) is 7.17. The first-order chi connectivity index (χ1) is 15.0. The first-order valence-electron chi connectivity index (χ1n) is 10.6. The highest BCUT2D eigenvalue weighted by Crippen LogP contribution is 2.37. The Morgan fingerprint density at radius 2 is 2.00 bits per heavy atom. The van der Waals surface area contributed by atoms with Gasteiger partial charge in [-0.25, -0.2) is 9.97 Å². The van der Waals surface area contributed by atoms with Crippen LogP contribution in [-0.2, 0) is 0 Å². The van der Waals surface area contributed by atoms with E-state index >= 15 is 0 Å². The van der Waals surface area contributed by atoms with Crippen molar-refractivity contribution in [2.24, 2.45) is 11.8 Å². The lowest BCUT2D eigenvalue weighted by molar-refractivity contribution is 0.00446. The standard InChI is InChI=1S/C21H26N6O3S/c1-10-16-15(4-5-22-10)31-20(26-16)13-8-24-21(23-7-11-2-3-11)27-19(13)25-14-6-12(9-28)17(29)18(14)30/h4-5,8,11-12,14,17-18,28-30H,2-3,6-7,9H2,1H3,(H2,23,24,25,27). The predicted octanol–water partition coefficient (Wildman–Crippen LogP) is 1.79. The van der Waals surface area contributed by atoms with Gasteiger partial charge in [0.05, 0.1) is 28.1 Å². The van der Waals surface area contributed by atoms with Crippen LogP contribution in [-0.4, -0.2) is 66.7 Å². The summed E-state index contributed by atoms with van der Waals surface area (Å²) < 4.78 is 1.03. The fourth-order valence-electron chi connectivity index (χ4n) is 4.01. The summed E-state index contributed by atoms with van der Waals surface area (Å²) in [6.07, 6.45) is 4.43. The molecule has 4 unspecified atom stereocenters. The second kappa shape index (κ2) is 8.27. The molecule has 0 spiro atoms. The van der Waals surface area contributed by atoms with Crippen molar-refractivity contribution in [2.75, 3.05) is 23.8 Å². The summed E-state index contributed by atoms with van der Waals surface area (Å²) in [6.45, 7) is 2.59. The van der Waals surface area contributed by atoms with E-state index in [1.165, 1.54) is 24.2 Å². The maximum absolute atomic E-state index is 10.5. The van der Waals surface area contributed by atoms with Gasteiger partial charge in [-0.2, -0.15) is 4.98 Å². The highest BCUT2D eigenvalue weighted by molar-refractivity contribution is 7.21. The molecule has 0 amide bonds. The number of fused-ring (bicyclic) bond motifs is 1. The van der Waals surface area contributed by atoms with Gasteiger partial charge in [0.2, 0.25) is 5.95 Å². The largest absolute Gasteiger partial charge is 0.396 e. The number of nitrogens with zero attached hydrogens (tertiary/aromatic N) is 4. The first-order valence-corrected chi connectivity index (χ1v) is 11.4. The minimum Gasteiger partial charge on any atom is -0.396 e. The maximum atomic E-state index is 10.5. The van der Waals surface area contributed by atoms with Crippen molar-refractivity contribution in [3.05, 3.63) is 24.2 Å². The van der Waals surface area contributed by atoms with Crippen LogP contribution in [0.4, 0.5) is 11.8 Å². The van der Waals surface area contributed by atoms with Gasteiger partial charge in [0.15, 0.2) is 0 Å². The van der Waals surface area contributed by atoms with Crippen molar-refractivity contribution >= 4 is 33.3 Å². The van der Waals surface area contributed by atoms with Crippen molar-refractivity contribution < 1.29 is 15.3 Å². The van der Waals surface area contributed by atoms with Crippen molar-refractivity contribution in [1.82, 2.24) is 19.9 Å². The molecule has 0 aliphatic heterocycles. The molecule has 5 rings (SSSR count). The second-order valence-electron chi connectivity index (χ2n) is 8.45. The molecule has 0 bridgehead atoms. The third-order valence-electron chi connectivity index (χ3n) is 6.11. The predicted molar refractivity (Wildman–Crippen MR) is 119 cm³/mol. The van der Waals surface area contributed by atoms with Crippen LogP contribution in [0.3, 0.4) is 0 Å².